The molecule has 1 atom stereocenters. The van der Waals surface area contributed by atoms with E-state index >= 15 is 0 Å². The Morgan fingerprint density at radius 3 is 1.97 bits per heavy atom. The van der Waals surface area contributed by atoms with Crippen molar-refractivity contribution in [2.75, 3.05) is 11.6 Å². The number of nitrogens with one attached hydrogen (secondary N) is 1. The molecule has 0 aliphatic carbocycles. The third-order valence-corrected chi connectivity index (χ3v) is 6.81. The van der Waals surface area contributed by atoms with Gasteiger partial charge in [0, 0.05) is 21.4 Å². The number of nitrogens with zero attached hydrogens (tertiary/aromatic N) is 3. The van der Waals surface area contributed by atoms with Crippen LogP contribution < -0.4 is 5.32 Å². The third-order valence-electron chi connectivity index (χ3n) is 4.51. The number of hydrogen-bond donors (Lipinski definition) is 1. The standard InChI is InChI=1S/C21H24N4O4S2/c1-13(2)18-10-15(12-22)11-19(14(3)4)20(18)23-21(26)24-30(25-27)16-6-8-17(9-7-16)31(5,28)29/h6-11,13-14H,1-5H3,(H,23,26). The van der Waals surface area contributed by atoms with E-state index in [1.54, 1.807) is 12.1 Å². The van der Waals surface area contributed by atoms with E-state index in [2.05, 4.69) is 20.3 Å². The van der Waals surface area contributed by atoms with Crippen LogP contribution in [0.3, 0.4) is 0 Å². The summed E-state index contributed by atoms with van der Waals surface area (Å²) in [7, 11) is -5.02. The largest absolute Gasteiger partial charge is 0.353 e. The summed E-state index contributed by atoms with van der Waals surface area (Å²) in [5, 5.41) is 12.1. The summed E-state index contributed by atoms with van der Waals surface area (Å²) < 4.78 is 30.0. The van der Waals surface area contributed by atoms with E-state index < -0.39 is 26.7 Å². The van der Waals surface area contributed by atoms with Crippen LogP contribution in [-0.2, 0) is 20.7 Å². The Labute approximate surface area is 184 Å². The lowest BCUT2D eigenvalue weighted by atomic mass is 9.90. The number of hydrogen-bond acceptors (Lipinski definition) is 5. The maximum Gasteiger partial charge on any atom is 0.353 e. The van der Waals surface area contributed by atoms with Crippen molar-refractivity contribution in [3.63, 3.8) is 0 Å². The Balaban J connectivity index is 2.45. The Hall–Kier alpha value is -2.90. The molecule has 164 valence electrons. The SMILES string of the molecule is CC(C)c1cc(C#N)cc(C(C)C)c1NC(=O)N=S(N=O)c1ccc(S(C)(=O)=O)cc1. The monoisotopic (exact) mass is 460 g/mol. The normalized spacial score (nSPS) is 12.6. The molecule has 0 fully saturated rings. The number of nitriles is 1. The summed E-state index contributed by atoms with van der Waals surface area (Å²) in [6, 6.07) is 10.4. The van der Waals surface area contributed by atoms with Gasteiger partial charge in [0.05, 0.1) is 16.5 Å². The fourth-order valence-corrected chi connectivity index (χ4v) is 4.37. The molecule has 2 aromatic rings. The topological polar surface area (TPSA) is 129 Å². The Morgan fingerprint density at radius 1 is 1.06 bits per heavy atom. The van der Waals surface area contributed by atoms with Gasteiger partial charge in [0.2, 0.25) is 0 Å². The van der Waals surface area contributed by atoms with Crippen LogP contribution in [0.5, 0.6) is 0 Å². The molecule has 0 saturated carbocycles. The number of urea groups is 1. The van der Waals surface area contributed by atoms with Crippen molar-refractivity contribution in [2.24, 2.45) is 8.94 Å². The minimum absolute atomic E-state index is 0.0343. The van der Waals surface area contributed by atoms with Crippen LogP contribution in [0.2, 0.25) is 0 Å². The highest BCUT2D eigenvalue weighted by molar-refractivity contribution is 7.90. The molecule has 31 heavy (non-hydrogen) atoms. The minimum Gasteiger partial charge on any atom is -0.305 e. The van der Waals surface area contributed by atoms with Gasteiger partial charge in [-0.15, -0.1) is 9.27 Å². The van der Waals surface area contributed by atoms with Crippen LogP contribution in [0.1, 0.15) is 56.2 Å². The lowest BCUT2D eigenvalue weighted by Gasteiger charge is -2.20. The molecule has 0 aliphatic rings. The highest BCUT2D eigenvalue weighted by Crippen LogP contribution is 2.34. The first-order valence-corrected chi connectivity index (χ1v) is 12.5. The molecular formula is C21H24N4O4S2. The molecule has 0 radical (unpaired) electrons. The van der Waals surface area contributed by atoms with Gasteiger partial charge in [-0.2, -0.15) is 5.26 Å². The van der Waals surface area contributed by atoms with Crippen molar-refractivity contribution in [3.8, 4) is 6.07 Å². The smallest absolute Gasteiger partial charge is 0.305 e. The number of benzene rings is 2. The zero-order valence-corrected chi connectivity index (χ0v) is 19.5. The summed E-state index contributed by atoms with van der Waals surface area (Å²) in [6.45, 7) is 7.81. The van der Waals surface area contributed by atoms with Gasteiger partial charge >= 0.3 is 6.03 Å². The number of anilines is 1. The Kier molecular flexibility index (Phi) is 7.81. The first kappa shape index (κ1) is 24.4. The average molecular weight is 461 g/mol. The molecule has 0 saturated heterocycles. The van der Waals surface area contributed by atoms with Crippen LogP contribution in [0.15, 0.2) is 55.1 Å². The quantitative estimate of drug-likeness (QED) is 0.586. The van der Waals surface area contributed by atoms with Gasteiger partial charge in [0.15, 0.2) is 9.84 Å². The second-order valence-electron chi connectivity index (χ2n) is 7.55. The average Bonchev–Trinajstić information content (AvgIpc) is 2.71. The molecule has 1 N–H and O–H groups in total. The molecule has 2 amide bonds. The molecular weight excluding hydrogens is 436 g/mol. The summed E-state index contributed by atoms with van der Waals surface area (Å²) in [4.78, 5) is 24.4. The van der Waals surface area contributed by atoms with Crippen LogP contribution in [0, 0.1) is 16.2 Å². The maximum atomic E-state index is 12.7. The van der Waals surface area contributed by atoms with Crippen molar-refractivity contribution < 1.29 is 13.2 Å². The van der Waals surface area contributed by atoms with Crippen LogP contribution >= 0.6 is 0 Å². The van der Waals surface area contributed by atoms with Crippen molar-refractivity contribution in [1.29, 1.82) is 5.26 Å². The summed E-state index contributed by atoms with van der Waals surface area (Å²) in [6.07, 6.45) is 1.08. The molecule has 0 aromatic heterocycles. The highest BCUT2D eigenvalue weighted by Gasteiger charge is 2.18. The van der Waals surface area contributed by atoms with Crippen LogP contribution in [-0.4, -0.2) is 20.7 Å². The third kappa shape index (κ3) is 6.06. The molecule has 0 spiro atoms. The summed E-state index contributed by atoms with van der Waals surface area (Å²) in [5.41, 5.74) is 2.66. The number of amides is 2. The molecule has 1 unspecified atom stereocenters. The minimum atomic E-state index is -3.39. The fourth-order valence-electron chi connectivity index (χ4n) is 2.94. The van der Waals surface area contributed by atoms with Gasteiger partial charge in [-0.3, -0.25) is 0 Å². The number of sulfone groups is 1. The van der Waals surface area contributed by atoms with E-state index in [1.807, 2.05) is 27.7 Å². The number of carbonyl (C=O) groups is 1. The summed E-state index contributed by atoms with van der Waals surface area (Å²) >= 11 is 0. The fraction of sp³-hybridized carbons (Fsp3) is 0.333. The lowest BCUT2D eigenvalue weighted by Crippen LogP contribution is -2.13. The lowest BCUT2D eigenvalue weighted by molar-refractivity contribution is 0.260. The van der Waals surface area contributed by atoms with Gasteiger partial charge in [-0.25, -0.2) is 13.2 Å². The second-order valence-corrected chi connectivity index (χ2v) is 10.9. The highest BCUT2D eigenvalue weighted by atomic mass is 32.2. The van der Waals surface area contributed by atoms with E-state index in [0.717, 1.165) is 17.4 Å². The van der Waals surface area contributed by atoms with Crippen molar-refractivity contribution in [3.05, 3.63) is 58.0 Å². The van der Waals surface area contributed by atoms with Crippen molar-refractivity contribution >= 4 is 32.4 Å². The number of rotatable bonds is 6. The van der Waals surface area contributed by atoms with E-state index in [4.69, 9.17) is 0 Å². The van der Waals surface area contributed by atoms with Crippen LogP contribution in [0.25, 0.3) is 0 Å². The van der Waals surface area contributed by atoms with Crippen molar-refractivity contribution in [2.45, 2.75) is 49.3 Å². The van der Waals surface area contributed by atoms with Gasteiger partial charge < -0.3 is 5.32 Å². The molecule has 0 heterocycles. The van der Waals surface area contributed by atoms with E-state index in [9.17, 15) is 23.4 Å². The molecule has 10 heteroatoms. The van der Waals surface area contributed by atoms with E-state index in [0.29, 0.717) is 16.1 Å². The molecule has 0 bridgehead atoms. The number of carbonyl (C=O) groups excluding carboxylic acids is 1. The van der Waals surface area contributed by atoms with E-state index in [-0.39, 0.29) is 16.7 Å². The Bertz CT molecular complexity index is 1150. The predicted molar refractivity (Wildman–Crippen MR) is 122 cm³/mol. The Morgan fingerprint density at radius 2 is 1.58 bits per heavy atom. The van der Waals surface area contributed by atoms with Crippen LogP contribution in [0.4, 0.5) is 10.5 Å². The first-order chi connectivity index (χ1) is 14.5. The summed E-state index contributed by atoms with van der Waals surface area (Å²) in [5.74, 6) is 0.0687. The predicted octanol–water partition coefficient (Wildman–Crippen LogP) is 5.28. The first-order valence-electron chi connectivity index (χ1n) is 9.46. The zero-order valence-electron chi connectivity index (χ0n) is 17.9. The maximum absolute atomic E-state index is 12.7. The molecule has 2 rings (SSSR count). The van der Waals surface area contributed by atoms with Gasteiger partial charge in [0.25, 0.3) is 0 Å². The van der Waals surface area contributed by atoms with E-state index in [1.165, 1.54) is 24.3 Å². The van der Waals surface area contributed by atoms with Gasteiger partial charge in [0.1, 0.15) is 10.9 Å². The molecule has 0 aliphatic heterocycles. The van der Waals surface area contributed by atoms with Gasteiger partial charge in [-0.05, 0) is 59.4 Å². The number of nitroso groups, excluding NO2 is 1. The molecule has 2 aromatic carbocycles. The van der Waals surface area contributed by atoms with Gasteiger partial charge in [-0.1, -0.05) is 27.7 Å². The van der Waals surface area contributed by atoms with Crippen molar-refractivity contribution in [1.82, 2.24) is 0 Å². The zero-order chi connectivity index (χ0) is 23.3. The second kappa shape index (κ2) is 9.94. The molecule has 8 nitrogen and oxygen atoms in total.